The maximum atomic E-state index is 12.0. The van der Waals surface area contributed by atoms with Gasteiger partial charge in [-0.2, -0.15) is 0 Å². The average molecular weight is 260 g/mol. The molecule has 0 saturated heterocycles. The normalized spacial score (nSPS) is 12.2. The van der Waals surface area contributed by atoms with E-state index in [2.05, 4.69) is 15.3 Å². The fourth-order valence-electron chi connectivity index (χ4n) is 1.92. The highest BCUT2D eigenvalue weighted by molar-refractivity contribution is 5.92. The van der Waals surface area contributed by atoms with E-state index in [1.54, 1.807) is 0 Å². The summed E-state index contributed by atoms with van der Waals surface area (Å²) in [4.78, 5) is 19.8. The summed E-state index contributed by atoms with van der Waals surface area (Å²) in [5.41, 5.74) is 6.64. The van der Waals surface area contributed by atoms with Crippen molar-refractivity contribution in [1.82, 2.24) is 15.3 Å². The summed E-state index contributed by atoms with van der Waals surface area (Å²) in [7, 11) is 0. The number of aryl methyl sites for hydroxylation is 2. The number of aromatic nitrogens is 2. The number of nitrogens with two attached hydrogens (primary N) is 1. The van der Waals surface area contributed by atoms with Gasteiger partial charge in [0.05, 0.1) is 18.4 Å². The third-order valence-corrected chi connectivity index (χ3v) is 2.78. The van der Waals surface area contributed by atoms with Crippen LogP contribution in [0.3, 0.4) is 0 Å². The van der Waals surface area contributed by atoms with Crippen molar-refractivity contribution in [2.24, 2.45) is 0 Å². The predicted molar refractivity (Wildman–Crippen MR) is 70.5 cm³/mol. The minimum Gasteiger partial charge on any atom is -0.466 e. The van der Waals surface area contributed by atoms with E-state index in [0.29, 0.717) is 0 Å². The molecule has 2 aromatic rings. The molecule has 2 rings (SSSR count). The Balaban J connectivity index is 2.13. The number of carbonyl (C=O) groups is 1. The number of anilines is 1. The smallest absolute Gasteiger partial charge is 0.272 e. The molecule has 0 aromatic carbocycles. The number of rotatable bonds is 3. The van der Waals surface area contributed by atoms with Gasteiger partial charge >= 0.3 is 0 Å². The van der Waals surface area contributed by atoms with Gasteiger partial charge in [0, 0.05) is 5.56 Å². The second-order valence-electron chi connectivity index (χ2n) is 4.39. The Morgan fingerprint density at radius 2 is 2.16 bits per heavy atom. The van der Waals surface area contributed by atoms with Crippen molar-refractivity contribution < 1.29 is 9.21 Å². The lowest BCUT2D eigenvalue weighted by atomic mass is 10.1. The van der Waals surface area contributed by atoms with Crippen LogP contribution in [0, 0.1) is 13.8 Å². The van der Waals surface area contributed by atoms with Crippen molar-refractivity contribution in [3.05, 3.63) is 41.2 Å². The minimum atomic E-state index is -0.314. The molecule has 0 radical (unpaired) electrons. The van der Waals surface area contributed by atoms with E-state index >= 15 is 0 Å². The highest BCUT2D eigenvalue weighted by atomic mass is 16.3. The van der Waals surface area contributed by atoms with Gasteiger partial charge in [-0.15, -0.1) is 0 Å². The number of nitrogen functional groups attached to an aromatic ring is 1. The van der Waals surface area contributed by atoms with E-state index in [0.717, 1.165) is 17.1 Å². The van der Waals surface area contributed by atoms with E-state index in [1.807, 2.05) is 26.8 Å². The Labute approximate surface area is 111 Å². The Hall–Kier alpha value is -2.37. The van der Waals surface area contributed by atoms with Crippen molar-refractivity contribution >= 4 is 11.7 Å². The quantitative estimate of drug-likeness (QED) is 0.876. The summed E-state index contributed by atoms with van der Waals surface area (Å²) >= 11 is 0. The van der Waals surface area contributed by atoms with E-state index in [4.69, 9.17) is 10.2 Å². The van der Waals surface area contributed by atoms with Crippen LogP contribution in [0.25, 0.3) is 0 Å². The zero-order valence-corrected chi connectivity index (χ0v) is 11.1. The molecular formula is C13H16N4O2. The van der Waals surface area contributed by atoms with Gasteiger partial charge in [-0.1, -0.05) is 0 Å². The van der Waals surface area contributed by atoms with Gasteiger partial charge in [0.1, 0.15) is 23.0 Å². The third-order valence-electron chi connectivity index (χ3n) is 2.78. The molecule has 3 N–H and O–H groups in total. The molecule has 1 amide bonds. The summed E-state index contributed by atoms with van der Waals surface area (Å²) in [5, 5.41) is 2.84. The molecule has 2 heterocycles. The van der Waals surface area contributed by atoms with Gasteiger partial charge in [0.25, 0.3) is 5.91 Å². The number of furan rings is 1. The molecule has 2 aromatic heterocycles. The van der Waals surface area contributed by atoms with Gasteiger partial charge in [-0.3, -0.25) is 9.78 Å². The number of hydrogen-bond acceptors (Lipinski definition) is 5. The largest absolute Gasteiger partial charge is 0.466 e. The van der Waals surface area contributed by atoms with Crippen molar-refractivity contribution in [3.8, 4) is 0 Å². The van der Waals surface area contributed by atoms with Gasteiger partial charge in [-0.05, 0) is 26.8 Å². The van der Waals surface area contributed by atoms with Gasteiger partial charge in [0.15, 0.2) is 0 Å². The highest BCUT2D eigenvalue weighted by Gasteiger charge is 2.17. The zero-order valence-electron chi connectivity index (χ0n) is 11.1. The van der Waals surface area contributed by atoms with Crippen molar-refractivity contribution in [2.75, 3.05) is 5.73 Å². The molecule has 19 heavy (non-hydrogen) atoms. The van der Waals surface area contributed by atoms with E-state index in [1.165, 1.54) is 12.4 Å². The lowest BCUT2D eigenvalue weighted by Gasteiger charge is -2.12. The van der Waals surface area contributed by atoms with Crippen LogP contribution in [0.2, 0.25) is 0 Å². The van der Waals surface area contributed by atoms with Crippen LogP contribution < -0.4 is 11.1 Å². The monoisotopic (exact) mass is 260 g/mol. The van der Waals surface area contributed by atoms with E-state index < -0.39 is 0 Å². The Morgan fingerprint density at radius 1 is 1.42 bits per heavy atom. The van der Waals surface area contributed by atoms with Crippen molar-refractivity contribution in [1.29, 1.82) is 0 Å². The van der Waals surface area contributed by atoms with Crippen LogP contribution >= 0.6 is 0 Å². The first-order chi connectivity index (χ1) is 8.97. The number of nitrogens with zero attached hydrogens (tertiary/aromatic N) is 2. The summed E-state index contributed by atoms with van der Waals surface area (Å²) < 4.78 is 5.44. The van der Waals surface area contributed by atoms with Crippen LogP contribution in [0.1, 0.15) is 40.5 Å². The van der Waals surface area contributed by atoms with Crippen LogP contribution in [-0.2, 0) is 0 Å². The van der Waals surface area contributed by atoms with Crippen LogP contribution in [0.4, 0.5) is 5.82 Å². The lowest BCUT2D eigenvalue weighted by molar-refractivity contribution is 0.0934. The maximum Gasteiger partial charge on any atom is 0.272 e. The molecule has 0 bridgehead atoms. The molecule has 0 aliphatic heterocycles. The van der Waals surface area contributed by atoms with E-state index in [9.17, 15) is 4.79 Å². The standard InChI is InChI=1S/C13H16N4O2/c1-7-4-10(9(3)19-7)8(2)16-13(18)11-5-15-6-12(14)17-11/h4-6,8H,1-3H3,(H2,14,17)(H,16,18). The first kappa shape index (κ1) is 13.1. The molecule has 0 aliphatic rings. The number of carbonyl (C=O) groups excluding carboxylic acids is 1. The number of amides is 1. The molecule has 100 valence electrons. The summed E-state index contributed by atoms with van der Waals surface area (Å²) in [6.07, 6.45) is 2.77. The van der Waals surface area contributed by atoms with E-state index in [-0.39, 0.29) is 23.5 Å². The first-order valence-electron chi connectivity index (χ1n) is 5.92. The highest BCUT2D eigenvalue weighted by Crippen LogP contribution is 2.21. The second kappa shape index (κ2) is 5.09. The maximum absolute atomic E-state index is 12.0. The zero-order chi connectivity index (χ0) is 14.0. The molecule has 6 nitrogen and oxygen atoms in total. The fraction of sp³-hybridized carbons (Fsp3) is 0.308. The molecule has 1 atom stereocenters. The third kappa shape index (κ3) is 2.90. The molecule has 1 unspecified atom stereocenters. The molecule has 0 spiro atoms. The lowest BCUT2D eigenvalue weighted by Crippen LogP contribution is -2.27. The van der Waals surface area contributed by atoms with Crippen LogP contribution in [0.5, 0.6) is 0 Å². The van der Waals surface area contributed by atoms with Gasteiger partial charge in [-0.25, -0.2) is 4.98 Å². The fourth-order valence-corrected chi connectivity index (χ4v) is 1.92. The van der Waals surface area contributed by atoms with Crippen molar-refractivity contribution in [2.45, 2.75) is 26.8 Å². The summed E-state index contributed by atoms with van der Waals surface area (Å²) in [6.45, 7) is 5.62. The van der Waals surface area contributed by atoms with Crippen LogP contribution in [-0.4, -0.2) is 15.9 Å². The van der Waals surface area contributed by atoms with Crippen LogP contribution in [0.15, 0.2) is 22.9 Å². The Bertz CT molecular complexity index is 606. The molecule has 0 fully saturated rings. The second-order valence-corrected chi connectivity index (χ2v) is 4.39. The Morgan fingerprint density at radius 3 is 2.74 bits per heavy atom. The first-order valence-corrected chi connectivity index (χ1v) is 5.92. The molecule has 6 heteroatoms. The Kier molecular flexibility index (Phi) is 3.50. The number of nitrogens with one attached hydrogen (secondary N) is 1. The molecule has 0 aliphatic carbocycles. The SMILES string of the molecule is Cc1cc(C(C)NC(=O)c2cncc(N)n2)c(C)o1. The number of hydrogen-bond donors (Lipinski definition) is 2. The molecular weight excluding hydrogens is 244 g/mol. The average Bonchev–Trinajstić information content (AvgIpc) is 2.68. The van der Waals surface area contributed by atoms with Crippen molar-refractivity contribution in [3.63, 3.8) is 0 Å². The molecule has 0 saturated carbocycles. The summed E-state index contributed by atoms with van der Waals surface area (Å²) in [6, 6.07) is 1.74. The minimum absolute atomic E-state index is 0.173. The van der Waals surface area contributed by atoms with Gasteiger partial charge < -0.3 is 15.5 Å². The predicted octanol–water partition coefficient (Wildman–Crippen LogP) is 1.76. The topological polar surface area (TPSA) is 94.0 Å². The summed E-state index contributed by atoms with van der Waals surface area (Å²) in [5.74, 6) is 1.52. The van der Waals surface area contributed by atoms with Gasteiger partial charge in [0.2, 0.25) is 0 Å².